The van der Waals surface area contributed by atoms with Gasteiger partial charge in [0.1, 0.15) is 0 Å². The van der Waals surface area contributed by atoms with Crippen LogP contribution in [0.4, 0.5) is 5.69 Å². The van der Waals surface area contributed by atoms with Crippen LogP contribution in [0.3, 0.4) is 0 Å². The third-order valence-corrected chi connectivity index (χ3v) is 3.21. The number of nitrogens with zero attached hydrogens (tertiary/aromatic N) is 2. The first-order chi connectivity index (χ1) is 8.33. The molecule has 1 unspecified atom stereocenters. The molecule has 1 aliphatic rings. The van der Waals surface area contributed by atoms with Crippen LogP contribution in [0.15, 0.2) is 18.3 Å². The number of pyridine rings is 1. The summed E-state index contributed by atoms with van der Waals surface area (Å²) < 4.78 is 5.17. The largest absolute Gasteiger partial charge is 0.481 e. The fourth-order valence-corrected chi connectivity index (χ4v) is 2.37. The van der Waals surface area contributed by atoms with E-state index >= 15 is 0 Å². The van der Waals surface area contributed by atoms with Crippen LogP contribution in [-0.4, -0.2) is 37.8 Å². The van der Waals surface area contributed by atoms with Gasteiger partial charge in [0.2, 0.25) is 5.88 Å². The third-order valence-electron chi connectivity index (χ3n) is 3.21. The number of ether oxygens (including phenoxy) is 1. The summed E-state index contributed by atoms with van der Waals surface area (Å²) in [6, 6.07) is 4.67. The van der Waals surface area contributed by atoms with Gasteiger partial charge in [-0.1, -0.05) is 6.92 Å². The molecule has 0 saturated carbocycles. The van der Waals surface area contributed by atoms with Gasteiger partial charge < -0.3 is 15.0 Å². The van der Waals surface area contributed by atoms with E-state index in [2.05, 4.69) is 28.2 Å². The van der Waals surface area contributed by atoms with Crippen LogP contribution >= 0.6 is 0 Å². The van der Waals surface area contributed by atoms with Gasteiger partial charge in [-0.3, -0.25) is 0 Å². The van der Waals surface area contributed by atoms with Gasteiger partial charge in [0, 0.05) is 37.1 Å². The third kappa shape index (κ3) is 3.09. The van der Waals surface area contributed by atoms with Crippen molar-refractivity contribution in [2.24, 2.45) is 0 Å². The molecule has 2 rings (SSSR count). The molecular weight excluding hydrogens is 214 g/mol. The molecule has 1 aliphatic heterocycles. The topological polar surface area (TPSA) is 37.4 Å². The van der Waals surface area contributed by atoms with Gasteiger partial charge in [0.25, 0.3) is 0 Å². The Labute approximate surface area is 103 Å². The normalized spacial score (nSPS) is 20.4. The number of nitrogens with one attached hydrogen (secondary N) is 1. The van der Waals surface area contributed by atoms with Crippen molar-refractivity contribution in [3.8, 4) is 5.88 Å². The van der Waals surface area contributed by atoms with E-state index in [0.717, 1.165) is 19.6 Å². The van der Waals surface area contributed by atoms with Gasteiger partial charge in [-0.15, -0.1) is 0 Å². The van der Waals surface area contributed by atoms with Crippen LogP contribution in [0.25, 0.3) is 0 Å². The molecule has 1 saturated heterocycles. The maximum Gasteiger partial charge on any atom is 0.214 e. The summed E-state index contributed by atoms with van der Waals surface area (Å²) >= 11 is 0. The highest BCUT2D eigenvalue weighted by Gasteiger charge is 2.19. The number of anilines is 1. The first kappa shape index (κ1) is 12.2. The van der Waals surface area contributed by atoms with E-state index in [9.17, 15) is 0 Å². The van der Waals surface area contributed by atoms with Crippen molar-refractivity contribution in [3.63, 3.8) is 0 Å². The highest BCUT2D eigenvalue weighted by atomic mass is 16.5. The van der Waals surface area contributed by atoms with Gasteiger partial charge in [-0.2, -0.15) is 0 Å². The highest BCUT2D eigenvalue weighted by Crippen LogP contribution is 2.22. The quantitative estimate of drug-likeness (QED) is 0.861. The van der Waals surface area contributed by atoms with E-state index in [1.165, 1.54) is 18.5 Å². The van der Waals surface area contributed by atoms with Crippen molar-refractivity contribution in [3.05, 3.63) is 18.3 Å². The van der Waals surface area contributed by atoms with Gasteiger partial charge >= 0.3 is 0 Å². The molecule has 0 bridgehead atoms. The Hall–Kier alpha value is -1.29. The van der Waals surface area contributed by atoms with Gasteiger partial charge in [0.05, 0.1) is 7.11 Å². The summed E-state index contributed by atoms with van der Waals surface area (Å²) in [5, 5.41) is 3.52. The van der Waals surface area contributed by atoms with Crippen LogP contribution in [0.1, 0.15) is 19.8 Å². The average molecular weight is 235 g/mol. The standard InChI is InChI=1S/C13H21N3O/c1-3-14-11-5-4-8-16(10-11)12-6-7-15-13(9-12)17-2/h6-7,9,11,14H,3-5,8,10H2,1-2H3. The zero-order valence-electron chi connectivity index (χ0n) is 10.6. The summed E-state index contributed by atoms with van der Waals surface area (Å²) in [6.07, 6.45) is 4.32. The number of piperidine rings is 1. The first-order valence-corrected chi connectivity index (χ1v) is 6.32. The van der Waals surface area contributed by atoms with E-state index in [1.54, 1.807) is 7.11 Å². The zero-order chi connectivity index (χ0) is 12.1. The average Bonchev–Trinajstić information content (AvgIpc) is 2.40. The van der Waals surface area contributed by atoms with Gasteiger partial charge in [-0.05, 0) is 25.5 Å². The van der Waals surface area contributed by atoms with Gasteiger partial charge in [-0.25, -0.2) is 4.98 Å². The Balaban J connectivity index is 2.05. The van der Waals surface area contributed by atoms with E-state index in [-0.39, 0.29) is 0 Å². The van der Waals surface area contributed by atoms with Crippen molar-refractivity contribution in [2.75, 3.05) is 31.6 Å². The maximum absolute atomic E-state index is 5.17. The molecule has 4 nitrogen and oxygen atoms in total. The highest BCUT2D eigenvalue weighted by molar-refractivity contribution is 5.48. The monoisotopic (exact) mass is 235 g/mol. The number of hydrogen-bond acceptors (Lipinski definition) is 4. The zero-order valence-corrected chi connectivity index (χ0v) is 10.6. The Morgan fingerprint density at radius 2 is 2.47 bits per heavy atom. The van der Waals surface area contributed by atoms with E-state index in [0.29, 0.717) is 11.9 Å². The molecule has 1 fully saturated rings. The van der Waals surface area contributed by atoms with Crippen molar-refractivity contribution in [2.45, 2.75) is 25.8 Å². The summed E-state index contributed by atoms with van der Waals surface area (Å²) in [5.41, 5.74) is 1.21. The molecule has 1 aromatic rings. The van der Waals surface area contributed by atoms with E-state index in [1.807, 2.05) is 12.3 Å². The molecule has 1 N–H and O–H groups in total. The molecule has 0 aromatic carbocycles. The lowest BCUT2D eigenvalue weighted by Gasteiger charge is -2.34. The fourth-order valence-electron chi connectivity index (χ4n) is 2.37. The van der Waals surface area contributed by atoms with Crippen LogP contribution in [0.5, 0.6) is 5.88 Å². The molecule has 4 heteroatoms. The summed E-state index contributed by atoms with van der Waals surface area (Å²) in [6.45, 7) is 5.39. The summed E-state index contributed by atoms with van der Waals surface area (Å²) in [4.78, 5) is 6.55. The SMILES string of the molecule is CCNC1CCCN(c2ccnc(OC)c2)C1. The number of likely N-dealkylation sites (N-methyl/N-ethyl adjacent to an activating group) is 1. The lowest BCUT2D eigenvalue weighted by molar-refractivity contribution is 0.396. The van der Waals surface area contributed by atoms with Crippen molar-refractivity contribution >= 4 is 5.69 Å². The van der Waals surface area contributed by atoms with Crippen molar-refractivity contribution in [1.82, 2.24) is 10.3 Å². The number of aromatic nitrogens is 1. The van der Waals surface area contributed by atoms with E-state index in [4.69, 9.17) is 4.74 Å². The van der Waals surface area contributed by atoms with Crippen LogP contribution in [0.2, 0.25) is 0 Å². The first-order valence-electron chi connectivity index (χ1n) is 6.32. The molecule has 1 atom stereocenters. The molecule has 1 aromatic heterocycles. The summed E-state index contributed by atoms with van der Waals surface area (Å²) in [5.74, 6) is 0.688. The van der Waals surface area contributed by atoms with Crippen LogP contribution in [0, 0.1) is 0 Å². The molecule has 0 spiro atoms. The van der Waals surface area contributed by atoms with Crippen molar-refractivity contribution < 1.29 is 4.74 Å². The molecule has 2 heterocycles. The second kappa shape index (κ2) is 5.87. The molecule has 94 valence electrons. The smallest absolute Gasteiger partial charge is 0.214 e. The molecule has 17 heavy (non-hydrogen) atoms. The number of methoxy groups -OCH3 is 1. The maximum atomic E-state index is 5.17. The minimum atomic E-state index is 0.605. The minimum Gasteiger partial charge on any atom is -0.481 e. The van der Waals surface area contributed by atoms with Crippen LogP contribution < -0.4 is 15.0 Å². The predicted octanol–water partition coefficient (Wildman–Crippen LogP) is 1.67. The number of rotatable bonds is 4. The van der Waals surface area contributed by atoms with E-state index < -0.39 is 0 Å². The van der Waals surface area contributed by atoms with Gasteiger partial charge in [0.15, 0.2) is 0 Å². The Kier molecular flexibility index (Phi) is 4.20. The molecule has 0 aliphatic carbocycles. The fraction of sp³-hybridized carbons (Fsp3) is 0.615. The number of hydrogen-bond donors (Lipinski definition) is 1. The Bertz CT molecular complexity index is 354. The molecule has 0 amide bonds. The van der Waals surface area contributed by atoms with Crippen molar-refractivity contribution in [1.29, 1.82) is 0 Å². The second-order valence-corrected chi connectivity index (χ2v) is 4.40. The lowest BCUT2D eigenvalue weighted by atomic mass is 10.1. The Morgan fingerprint density at radius 3 is 3.24 bits per heavy atom. The summed E-state index contributed by atoms with van der Waals surface area (Å²) in [7, 11) is 1.66. The minimum absolute atomic E-state index is 0.605. The van der Waals surface area contributed by atoms with Crippen LogP contribution in [-0.2, 0) is 0 Å². The predicted molar refractivity (Wildman–Crippen MR) is 69.7 cm³/mol. The lowest BCUT2D eigenvalue weighted by Crippen LogP contribution is -2.45. The Morgan fingerprint density at radius 1 is 1.59 bits per heavy atom. The molecule has 0 radical (unpaired) electrons. The molecular formula is C13H21N3O. The second-order valence-electron chi connectivity index (χ2n) is 4.40.